The van der Waals surface area contributed by atoms with Crippen molar-refractivity contribution in [3.63, 3.8) is 0 Å². The molecule has 6 heteroatoms. The molecule has 0 radical (unpaired) electrons. The number of aromatic nitrogens is 4. The van der Waals surface area contributed by atoms with E-state index in [9.17, 15) is 4.39 Å². The normalized spacial score (nSPS) is 15.3. The summed E-state index contributed by atoms with van der Waals surface area (Å²) in [5.74, 6) is 0.431. The van der Waals surface area contributed by atoms with Crippen LogP contribution in [0.15, 0.2) is 91.3 Å². The molecule has 1 fully saturated rings. The summed E-state index contributed by atoms with van der Waals surface area (Å²) in [6, 6.07) is 15.1. The fraction of sp³-hybridized carbons (Fsp3) is 0.212. The molecule has 5 nitrogen and oxygen atoms in total. The third-order valence-electron chi connectivity index (χ3n) is 7.73. The highest BCUT2D eigenvalue weighted by atomic mass is 19.1. The minimum absolute atomic E-state index is 0.268. The fourth-order valence-electron chi connectivity index (χ4n) is 5.62. The van der Waals surface area contributed by atoms with Crippen LogP contribution in [-0.2, 0) is 0 Å². The molecule has 4 heterocycles. The van der Waals surface area contributed by atoms with Crippen LogP contribution in [0.4, 0.5) is 4.39 Å². The predicted molar refractivity (Wildman–Crippen MR) is 159 cm³/mol. The molecule has 0 spiro atoms. The van der Waals surface area contributed by atoms with Gasteiger partial charge in [0.15, 0.2) is 0 Å². The summed E-state index contributed by atoms with van der Waals surface area (Å²) in [7, 11) is 0. The maximum absolute atomic E-state index is 13.9. The molecule has 0 bridgehead atoms. The highest BCUT2D eigenvalue weighted by Crippen LogP contribution is 2.35. The first-order valence-corrected chi connectivity index (χ1v) is 13.5. The smallest absolute Gasteiger partial charge is 0.123 e. The topological polar surface area (TPSA) is 69.4 Å². The lowest BCUT2D eigenvalue weighted by Gasteiger charge is -2.23. The maximum atomic E-state index is 13.9. The monoisotopic (exact) mass is 517 g/mol. The molecular weight excluding hydrogens is 485 g/mol. The second-order valence-electron chi connectivity index (χ2n) is 10.2. The summed E-state index contributed by atoms with van der Waals surface area (Å²) < 4.78 is 13.9. The first kappa shape index (κ1) is 25.0. The summed E-state index contributed by atoms with van der Waals surface area (Å²) in [4.78, 5) is 7.87. The average Bonchev–Trinajstić information content (AvgIpc) is 3.59. The molecule has 196 valence electrons. The molecule has 0 atom stereocenters. The third kappa shape index (κ3) is 5.08. The van der Waals surface area contributed by atoms with Gasteiger partial charge in [-0.05, 0) is 97.8 Å². The quantitative estimate of drug-likeness (QED) is 0.193. The van der Waals surface area contributed by atoms with Gasteiger partial charge < -0.3 is 10.3 Å². The lowest BCUT2D eigenvalue weighted by Crippen LogP contribution is -2.27. The number of fused-ring (bicyclic) bond motifs is 2. The van der Waals surface area contributed by atoms with Crippen molar-refractivity contribution in [2.24, 2.45) is 5.92 Å². The number of pyridine rings is 1. The van der Waals surface area contributed by atoms with Gasteiger partial charge in [0.05, 0.1) is 22.9 Å². The van der Waals surface area contributed by atoms with E-state index in [0.29, 0.717) is 5.92 Å². The first-order chi connectivity index (χ1) is 19.1. The van der Waals surface area contributed by atoms with Crippen molar-refractivity contribution in [1.29, 1.82) is 0 Å². The number of piperidine rings is 1. The zero-order valence-electron chi connectivity index (χ0n) is 22.1. The number of nitrogens with one attached hydrogen (secondary N) is 3. The van der Waals surface area contributed by atoms with Crippen LogP contribution in [0, 0.1) is 11.7 Å². The minimum Gasteiger partial charge on any atom is -0.352 e. The molecule has 1 aliphatic heterocycles. The molecule has 0 amide bonds. The first-order valence-electron chi connectivity index (χ1n) is 13.5. The Morgan fingerprint density at radius 3 is 2.72 bits per heavy atom. The summed E-state index contributed by atoms with van der Waals surface area (Å²) in [6.45, 7) is 8.37. The van der Waals surface area contributed by atoms with E-state index in [2.05, 4.69) is 75.4 Å². The molecule has 0 aliphatic carbocycles. The van der Waals surface area contributed by atoms with Crippen LogP contribution in [0.5, 0.6) is 0 Å². The van der Waals surface area contributed by atoms with Crippen LogP contribution in [0.3, 0.4) is 0 Å². The number of nitrogens with zero attached hydrogens (tertiary/aromatic N) is 2. The lowest BCUT2D eigenvalue weighted by molar-refractivity contribution is 0.374. The van der Waals surface area contributed by atoms with Gasteiger partial charge in [-0.25, -0.2) is 4.39 Å². The molecule has 1 aliphatic rings. The molecule has 0 saturated carbocycles. The average molecular weight is 518 g/mol. The van der Waals surface area contributed by atoms with E-state index in [-0.39, 0.29) is 5.82 Å². The van der Waals surface area contributed by atoms with Gasteiger partial charge >= 0.3 is 0 Å². The van der Waals surface area contributed by atoms with Crippen LogP contribution >= 0.6 is 0 Å². The zero-order valence-corrected chi connectivity index (χ0v) is 22.1. The lowest BCUT2D eigenvalue weighted by atomic mass is 9.89. The van der Waals surface area contributed by atoms with Crippen LogP contribution < -0.4 is 5.32 Å². The van der Waals surface area contributed by atoms with Gasteiger partial charge in [-0.15, -0.1) is 0 Å². The van der Waals surface area contributed by atoms with E-state index in [0.717, 1.165) is 69.4 Å². The summed E-state index contributed by atoms with van der Waals surface area (Å²) in [5.41, 5.74) is 8.81. The van der Waals surface area contributed by atoms with Gasteiger partial charge in [0.1, 0.15) is 11.5 Å². The van der Waals surface area contributed by atoms with E-state index in [4.69, 9.17) is 0 Å². The van der Waals surface area contributed by atoms with Gasteiger partial charge in [-0.3, -0.25) is 10.1 Å². The standard InChI is InChI=1S/C33H32FN5/c1-3-21(14-22-10-12-35-13-11-22)15-23(4-2)24-8-9-30-28(17-24)33(39-38-30)31-18-27-29(19-36-20-32(27)37-31)25-6-5-7-26(34)16-25/h3-9,15-20,22,35,37H,1,10-14H2,2H3,(H,38,39)/b21-15+,23-4+. The SMILES string of the molecule is C=C/C(=C\C(=C/C)c1ccc2[nH]nc(-c3cc4c(-c5cccc(F)c5)cncc4[nH]3)c2c1)CC1CCNCC1. The Morgan fingerprint density at radius 1 is 1.05 bits per heavy atom. The Balaban J connectivity index is 1.37. The number of hydrogen-bond acceptors (Lipinski definition) is 3. The van der Waals surface area contributed by atoms with E-state index in [1.807, 2.05) is 12.1 Å². The Morgan fingerprint density at radius 2 is 1.92 bits per heavy atom. The van der Waals surface area contributed by atoms with E-state index >= 15 is 0 Å². The molecule has 3 N–H and O–H groups in total. The van der Waals surface area contributed by atoms with Crippen LogP contribution in [0.1, 0.15) is 31.7 Å². The van der Waals surface area contributed by atoms with Crippen LogP contribution in [0.2, 0.25) is 0 Å². The third-order valence-corrected chi connectivity index (χ3v) is 7.73. The Labute approximate surface area is 227 Å². The molecule has 3 aromatic heterocycles. The number of hydrogen-bond donors (Lipinski definition) is 3. The molecule has 1 saturated heterocycles. The van der Waals surface area contributed by atoms with E-state index < -0.39 is 0 Å². The van der Waals surface area contributed by atoms with Crippen molar-refractivity contribution in [2.75, 3.05) is 13.1 Å². The minimum atomic E-state index is -0.268. The van der Waals surface area contributed by atoms with Crippen LogP contribution in [-0.4, -0.2) is 33.3 Å². The number of allylic oxidation sites excluding steroid dienone is 5. The van der Waals surface area contributed by atoms with E-state index in [1.165, 1.54) is 36.1 Å². The van der Waals surface area contributed by atoms with Crippen molar-refractivity contribution in [2.45, 2.75) is 26.2 Å². The summed E-state index contributed by atoms with van der Waals surface area (Å²) >= 11 is 0. The Kier molecular flexibility index (Phi) is 6.95. The number of rotatable bonds is 7. The highest BCUT2D eigenvalue weighted by molar-refractivity contribution is 6.01. The fourth-order valence-corrected chi connectivity index (χ4v) is 5.62. The predicted octanol–water partition coefficient (Wildman–Crippen LogP) is 7.82. The van der Waals surface area contributed by atoms with Crippen molar-refractivity contribution < 1.29 is 4.39 Å². The second-order valence-corrected chi connectivity index (χ2v) is 10.2. The van der Waals surface area contributed by atoms with Gasteiger partial charge in [0.2, 0.25) is 0 Å². The van der Waals surface area contributed by atoms with Crippen molar-refractivity contribution in [1.82, 2.24) is 25.5 Å². The highest BCUT2D eigenvalue weighted by Gasteiger charge is 2.16. The Bertz CT molecular complexity index is 1710. The van der Waals surface area contributed by atoms with Gasteiger partial charge in [0.25, 0.3) is 0 Å². The largest absolute Gasteiger partial charge is 0.352 e. The summed E-state index contributed by atoms with van der Waals surface area (Å²) in [5, 5.41) is 13.3. The number of aromatic amines is 2. The molecule has 0 unspecified atom stereocenters. The molecule has 2 aromatic carbocycles. The summed E-state index contributed by atoms with van der Waals surface area (Å²) in [6.07, 6.45) is 13.5. The van der Waals surface area contributed by atoms with Gasteiger partial charge in [-0.2, -0.15) is 5.10 Å². The van der Waals surface area contributed by atoms with Crippen molar-refractivity contribution in [3.05, 3.63) is 103 Å². The van der Waals surface area contributed by atoms with E-state index in [1.54, 1.807) is 18.5 Å². The van der Waals surface area contributed by atoms with Crippen LogP contribution in [0.25, 0.3) is 49.9 Å². The number of H-pyrrole nitrogens is 2. The maximum Gasteiger partial charge on any atom is 0.123 e. The molecule has 6 rings (SSSR count). The van der Waals surface area contributed by atoms with Gasteiger partial charge in [-0.1, -0.05) is 43.0 Å². The van der Waals surface area contributed by atoms with Gasteiger partial charge in [0, 0.05) is 22.5 Å². The number of halogens is 1. The number of benzene rings is 2. The molecule has 39 heavy (non-hydrogen) atoms. The second kappa shape index (κ2) is 10.8. The molecular formula is C33H32FN5. The Hall–Kier alpha value is -4.29. The van der Waals surface area contributed by atoms with Crippen molar-refractivity contribution in [3.8, 4) is 22.5 Å². The zero-order chi connectivity index (χ0) is 26.8. The molecule has 5 aromatic rings. The van der Waals surface area contributed by atoms with Crippen molar-refractivity contribution >= 4 is 27.4 Å².